The number of methoxy groups -OCH3 is 1. The molecule has 0 amide bonds. The van der Waals surface area contributed by atoms with Gasteiger partial charge in [-0.2, -0.15) is 0 Å². The maximum Gasteiger partial charge on any atom is 0.131 e. The number of hydrogen-bond donors (Lipinski definition) is 3. The molecular formula is C45H34N4O2. The molecule has 2 aliphatic rings. The van der Waals surface area contributed by atoms with E-state index in [4.69, 9.17) is 14.7 Å². The summed E-state index contributed by atoms with van der Waals surface area (Å²) in [5, 5.41) is 12.2. The van der Waals surface area contributed by atoms with Crippen molar-refractivity contribution in [3.05, 3.63) is 168 Å². The van der Waals surface area contributed by atoms with Crippen molar-refractivity contribution in [2.24, 2.45) is 0 Å². The van der Waals surface area contributed by atoms with Crippen LogP contribution in [0.25, 0.3) is 78.7 Å². The standard InChI is InChI=1S/C45H34N4O2/c1-51-45-43-41(31-20-12-5-13-21-31)37-27-25-35(48-37)39(29-16-8-3-9-17-29)33-23-22-32(46-33)38(28-14-6-2-7-15-28)34-24-26-36(47-34)40(42(49-43)44(45)50)30-18-10-4-11-19-30/h2-27,44-45,47-48,50H,1H3/t44-,45+/m0/s1. The Morgan fingerprint density at radius 3 is 1.20 bits per heavy atom. The van der Waals surface area contributed by atoms with Gasteiger partial charge in [-0.1, -0.05) is 121 Å². The highest BCUT2D eigenvalue weighted by Crippen LogP contribution is 2.45. The molecular weight excluding hydrogens is 629 g/mol. The van der Waals surface area contributed by atoms with Crippen LogP contribution in [0.15, 0.2) is 146 Å². The molecule has 0 saturated heterocycles. The molecule has 2 atom stereocenters. The lowest BCUT2D eigenvalue weighted by Gasteiger charge is -2.16. The quantitative estimate of drug-likeness (QED) is 0.171. The second-order valence-corrected chi connectivity index (χ2v) is 12.7. The summed E-state index contributed by atoms with van der Waals surface area (Å²) < 4.78 is 6.11. The highest BCUT2D eigenvalue weighted by atomic mass is 16.5. The molecule has 5 heterocycles. The van der Waals surface area contributed by atoms with Gasteiger partial charge in [0.1, 0.15) is 12.2 Å². The van der Waals surface area contributed by atoms with Crippen molar-refractivity contribution in [1.82, 2.24) is 19.9 Å². The van der Waals surface area contributed by atoms with Crippen LogP contribution in [0.5, 0.6) is 0 Å². The van der Waals surface area contributed by atoms with Gasteiger partial charge in [-0.25, -0.2) is 4.98 Å². The molecule has 0 unspecified atom stereocenters. The molecule has 9 rings (SSSR count). The number of aliphatic hydroxyl groups excluding tert-OH is 1. The maximum atomic E-state index is 12.2. The second-order valence-electron chi connectivity index (χ2n) is 12.7. The summed E-state index contributed by atoms with van der Waals surface area (Å²) in [6.45, 7) is 0. The first-order valence-electron chi connectivity index (χ1n) is 17.1. The molecule has 2 aliphatic heterocycles. The molecule has 6 nitrogen and oxygen atoms in total. The number of ether oxygens (including phenoxy) is 1. The number of H-pyrrole nitrogens is 2. The average Bonchev–Trinajstić information content (AvgIpc) is 4.01. The zero-order chi connectivity index (χ0) is 34.3. The third-order valence-corrected chi connectivity index (χ3v) is 9.70. The first kappa shape index (κ1) is 30.7. The Morgan fingerprint density at radius 2 is 0.804 bits per heavy atom. The Kier molecular flexibility index (Phi) is 7.73. The Labute approximate surface area is 295 Å². The smallest absolute Gasteiger partial charge is 0.131 e. The molecule has 51 heavy (non-hydrogen) atoms. The molecule has 3 N–H and O–H groups in total. The monoisotopic (exact) mass is 662 g/mol. The number of nitrogens with zero attached hydrogens (tertiary/aromatic N) is 2. The predicted octanol–water partition coefficient (Wildman–Crippen LogP) is 10.6. The maximum absolute atomic E-state index is 12.2. The molecule has 4 aromatic carbocycles. The number of hydrogen-bond acceptors (Lipinski definition) is 4. The largest absolute Gasteiger partial charge is 0.384 e. The van der Waals surface area contributed by atoms with Crippen LogP contribution in [0.1, 0.15) is 35.0 Å². The van der Waals surface area contributed by atoms with Gasteiger partial charge in [0.25, 0.3) is 0 Å². The Hall–Kier alpha value is -6.34. The van der Waals surface area contributed by atoms with Crippen LogP contribution < -0.4 is 0 Å². The van der Waals surface area contributed by atoms with E-state index in [0.29, 0.717) is 11.4 Å². The van der Waals surface area contributed by atoms with Crippen LogP contribution in [0.2, 0.25) is 0 Å². The molecule has 246 valence electrons. The van der Waals surface area contributed by atoms with E-state index in [9.17, 15) is 5.11 Å². The van der Waals surface area contributed by atoms with Crippen molar-refractivity contribution >= 4 is 34.2 Å². The van der Waals surface area contributed by atoms with Crippen LogP contribution in [0.4, 0.5) is 0 Å². The SMILES string of the molecule is CO[C@@H]1c2nc(c(-c3ccccc3)c3ccc([nH]3)c(-c3ccccc3)c3nc(c(-c4ccccc4)c4ccc([nH]4)c2-c2ccccc2)C=C3)[C@@H]1O. The molecule has 0 radical (unpaired) electrons. The van der Waals surface area contributed by atoms with Crippen LogP contribution in [-0.2, 0) is 4.74 Å². The van der Waals surface area contributed by atoms with Gasteiger partial charge in [0.05, 0.1) is 22.8 Å². The number of aliphatic hydroxyl groups is 1. The summed E-state index contributed by atoms with van der Waals surface area (Å²) in [6.07, 6.45) is 2.46. The van der Waals surface area contributed by atoms with Gasteiger partial charge in [0, 0.05) is 51.4 Å². The van der Waals surface area contributed by atoms with Gasteiger partial charge < -0.3 is 19.8 Å². The van der Waals surface area contributed by atoms with Crippen LogP contribution >= 0.6 is 0 Å². The number of benzene rings is 4. The summed E-state index contributed by atoms with van der Waals surface area (Å²) >= 11 is 0. The summed E-state index contributed by atoms with van der Waals surface area (Å²) in [5.74, 6) is 0. The van der Waals surface area contributed by atoms with E-state index in [2.05, 4.69) is 107 Å². The van der Waals surface area contributed by atoms with E-state index in [1.54, 1.807) is 7.11 Å². The van der Waals surface area contributed by atoms with E-state index in [0.717, 1.165) is 78.0 Å². The minimum atomic E-state index is -1.03. The number of nitrogens with one attached hydrogen (secondary N) is 2. The molecule has 0 saturated carbocycles. The minimum absolute atomic E-state index is 0.537. The highest BCUT2D eigenvalue weighted by molar-refractivity contribution is 5.97. The lowest BCUT2D eigenvalue weighted by molar-refractivity contribution is -0.00717. The summed E-state index contributed by atoms with van der Waals surface area (Å²) in [5.41, 5.74) is 14.0. The first-order valence-corrected chi connectivity index (χ1v) is 17.1. The van der Waals surface area contributed by atoms with E-state index < -0.39 is 12.2 Å². The third-order valence-electron chi connectivity index (χ3n) is 9.70. The molecule has 7 aromatic rings. The van der Waals surface area contributed by atoms with Gasteiger partial charge in [0.15, 0.2) is 0 Å². The molecule has 0 fully saturated rings. The zero-order valence-corrected chi connectivity index (χ0v) is 27.9. The topological polar surface area (TPSA) is 86.8 Å². The third kappa shape index (κ3) is 5.38. The fraction of sp³-hybridized carbons (Fsp3) is 0.0667. The lowest BCUT2D eigenvalue weighted by Crippen LogP contribution is -2.08. The lowest BCUT2D eigenvalue weighted by atomic mass is 9.97. The van der Waals surface area contributed by atoms with Crippen molar-refractivity contribution in [2.75, 3.05) is 7.11 Å². The number of aromatic amines is 2. The summed E-state index contributed by atoms with van der Waals surface area (Å²) in [4.78, 5) is 18.2. The molecule has 8 bridgehead atoms. The van der Waals surface area contributed by atoms with E-state index in [1.807, 2.05) is 60.7 Å². The first-order chi connectivity index (χ1) is 25.2. The van der Waals surface area contributed by atoms with E-state index in [1.165, 1.54) is 0 Å². The van der Waals surface area contributed by atoms with Crippen molar-refractivity contribution in [2.45, 2.75) is 12.2 Å². The Balaban J connectivity index is 1.51. The number of fused-ring (bicyclic) bond motifs is 8. The summed E-state index contributed by atoms with van der Waals surface area (Å²) in [6, 6.07) is 49.3. The van der Waals surface area contributed by atoms with Gasteiger partial charge >= 0.3 is 0 Å². The van der Waals surface area contributed by atoms with Gasteiger partial charge in [0.2, 0.25) is 0 Å². The number of aromatic nitrogens is 4. The fourth-order valence-corrected chi connectivity index (χ4v) is 7.39. The van der Waals surface area contributed by atoms with Gasteiger partial charge in [-0.05, 0) is 58.7 Å². The van der Waals surface area contributed by atoms with Crippen LogP contribution in [0.3, 0.4) is 0 Å². The molecule has 6 heteroatoms. The fourth-order valence-electron chi connectivity index (χ4n) is 7.39. The van der Waals surface area contributed by atoms with Gasteiger partial charge in [-0.15, -0.1) is 0 Å². The predicted molar refractivity (Wildman–Crippen MR) is 206 cm³/mol. The number of rotatable bonds is 5. The van der Waals surface area contributed by atoms with Crippen molar-refractivity contribution in [3.63, 3.8) is 0 Å². The van der Waals surface area contributed by atoms with Crippen LogP contribution in [0, 0.1) is 0 Å². The average molecular weight is 663 g/mol. The van der Waals surface area contributed by atoms with Crippen molar-refractivity contribution in [3.8, 4) is 44.5 Å². The second kappa shape index (κ2) is 12.8. The van der Waals surface area contributed by atoms with Crippen molar-refractivity contribution < 1.29 is 9.84 Å². The van der Waals surface area contributed by atoms with E-state index >= 15 is 0 Å². The van der Waals surface area contributed by atoms with E-state index in [-0.39, 0.29) is 0 Å². The molecule has 3 aromatic heterocycles. The normalized spacial score (nSPS) is 15.3. The zero-order valence-electron chi connectivity index (χ0n) is 27.9. The highest BCUT2D eigenvalue weighted by Gasteiger charge is 2.36. The minimum Gasteiger partial charge on any atom is -0.384 e. The summed E-state index contributed by atoms with van der Waals surface area (Å²) in [7, 11) is 1.63. The van der Waals surface area contributed by atoms with Crippen molar-refractivity contribution in [1.29, 1.82) is 0 Å². The molecule has 0 aliphatic carbocycles. The Morgan fingerprint density at radius 1 is 0.451 bits per heavy atom. The molecule has 0 spiro atoms. The van der Waals surface area contributed by atoms with Crippen LogP contribution in [-0.4, -0.2) is 32.2 Å². The van der Waals surface area contributed by atoms with Gasteiger partial charge in [-0.3, -0.25) is 4.98 Å². The Bertz CT molecular complexity index is 2570.